The van der Waals surface area contributed by atoms with Crippen LogP contribution in [0.3, 0.4) is 0 Å². The predicted octanol–water partition coefficient (Wildman–Crippen LogP) is 7.49. The van der Waals surface area contributed by atoms with Gasteiger partial charge in [0.05, 0.1) is 16.7 Å². The van der Waals surface area contributed by atoms with Crippen LogP contribution in [0.5, 0.6) is 0 Å². The van der Waals surface area contributed by atoms with Gasteiger partial charge in [-0.3, -0.25) is 4.98 Å². The van der Waals surface area contributed by atoms with Crippen molar-refractivity contribution in [2.24, 2.45) is 0 Å². The molecule has 0 bridgehead atoms. The fourth-order valence-corrected chi connectivity index (χ4v) is 3.44. The van der Waals surface area contributed by atoms with Gasteiger partial charge in [-0.25, -0.2) is 4.98 Å². The Bertz CT molecular complexity index is 1250. The molecule has 0 N–H and O–H groups in total. The Balaban J connectivity index is 0.000000645. The van der Waals surface area contributed by atoms with E-state index in [1.54, 1.807) is 0 Å². The smallest absolute Gasteiger partial charge is 0.0804 e. The van der Waals surface area contributed by atoms with Crippen molar-refractivity contribution in [1.29, 1.82) is 0 Å². The number of nitrogens with zero attached hydrogens (tertiary/aromatic N) is 2. The molecular weight excluding hydrogens is 577 g/mol. The van der Waals surface area contributed by atoms with Gasteiger partial charge in [0.2, 0.25) is 0 Å². The van der Waals surface area contributed by atoms with Crippen LogP contribution in [0.15, 0.2) is 97.2 Å². The number of benzene rings is 3. The van der Waals surface area contributed by atoms with Crippen LogP contribution in [0.25, 0.3) is 44.2 Å². The molecule has 5 aromatic rings. The quantitative estimate of drug-likeness (QED) is 0.198. The van der Waals surface area contributed by atoms with Gasteiger partial charge in [-0.1, -0.05) is 66.7 Å². The molecule has 0 saturated carbocycles. The summed E-state index contributed by atoms with van der Waals surface area (Å²) in [4.78, 5) is 9.58. The molecule has 0 aliphatic heterocycles. The molecule has 29 heavy (non-hydrogen) atoms. The number of fused-ring (bicyclic) bond motifs is 3. The van der Waals surface area contributed by atoms with Gasteiger partial charge < -0.3 is 0 Å². The maximum absolute atomic E-state index is 5.11. The zero-order chi connectivity index (χ0) is 20.1. The van der Waals surface area contributed by atoms with Crippen molar-refractivity contribution in [3.63, 3.8) is 0 Å². The Kier molecular flexibility index (Phi) is 6.52. The minimum atomic E-state index is -0.639. The van der Waals surface area contributed by atoms with E-state index in [-0.39, 0.29) is 0 Å². The van der Waals surface area contributed by atoms with Crippen LogP contribution in [0.2, 0.25) is 0 Å². The van der Waals surface area contributed by atoms with Crippen LogP contribution in [0.4, 0.5) is 0 Å². The van der Waals surface area contributed by atoms with Gasteiger partial charge in [-0.05, 0) is 29.8 Å². The van der Waals surface area contributed by atoms with Crippen molar-refractivity contribution in [2.75, 3.05) is 0 Å². The molecule has 0 aliphatic carbocycles. The Morgan fingerprint density at radius 2 is 1.34 bits per heavy atom. The fourth-order valence-electron chi connectivity index (χ4n) is 3.44. The largest absolute Gasteiger partial charge is 0.256 e. The summed E-state index contributed by atoms with van der Waals surface area (Å²) in [5.41, 5.74) is 6.41. The Morgan fingerprint density at radius 3 is 2.03 bits per heavy atom. The summed E-state index contributed by atoms with van der Waals surface area (Å²) in [6.45, 7) is 0. The average molecular weight is 594 g/mol. The van der Waals surface area contributed by atoms with Crippen LogP contribution in [-0.2, 0) is 15.4 Å². The zero-order valence-electron chi connectivity index (χ0n) is 15.2. The van der Waals surface area contributed by atoms with Gasteiger partial charge in [-0.15, -0.1) is 0 Å². The molecule has 5 heteroatoms. The second kappa shape index (κ2) is 9.46. The number of aromatic nitrogens is 2. The molecule has 0 amide bonds. The first-order valence-electron chi connectivity index (χ1n) is 8.96. The number of rotatable bonds is 2. The summed E-state index contributed by atoms with van der Waals surface area (Å²) in [5.74, 6) is 0. The second-order valence-corrected chi connectivity index (χ2v) is 10.0. The van der Waals surface area contributed by atoms with Crippen molar-refractivity contribution < 1.29 is 15.4 Å². The third kappa shape index (κ3) is 4.33. The third-order valence-corrected chi connectivity index (χ3v) is 4.70. The molecule has 0 radical (unpaired) electrons. The Morgan fingerprint density at radius 1 is 0.690 bits per heavy atom. The molecule has 144 valence electrons. The van der Waals surface area contributed by atoms with Crippen LogP contribution in [-0.4, -0.2) is 9.97 Å². The molecule has 3 aromatic carbocycles. The number of halogens is 2. The molecule has 0 unspecified atom stereocenters. The molecule has 0 saturated heterocycles. The molecule has 0 atom stereocenters. The maximum atomic E-state index is 5.11. The normalized spacial score (nSPS) is 10.7. The van der Waals surface area contributed by atoms with Gasteiger partial charge >= 0.3 is 34.7 Å². The molecule has 0 fully saturated rings. The first kappa shape index (κ1) is 20.0. The second-order valence-electron chi connectivity index (χ2n) is 6.37. The molecular formula is C24H16Cl2N2Os. The van der Waals surface area contributed by atoms with Crippen molar-refractivity contribution in [1.82, 2.24) is 9.97 Å². The Labute approximate surface area is 185 Å². The van der Waals surface area contributed by atoms with Crippen molar-refractivity contribution in [2.45, 2.75) is 0 Å². The summed E-state index contributed by atoms with van der Waals surface area (Å²) in [5, 5.41) is 2.21. The van der Waals surface area contributed by atoms with Gasteiger partial charge in [-0.2, -0.15) is 0 Å². The minimum absolute atomic E-state index is 0.639. The van der Waals surface area contributed by atoms with E-state index in [1.807, 2.05) is 24.4 Å². The standard InChI is InChI=1S/C24H16N2.2ClH.Os/c1-3-8-17(9-4-1)21-16-19-13-14-22-20(12-7-15-25-22)24(19)26-23(21)18-10-5-2-6-11-18;;;/h1-16H;2*1H;/q;;;+2/p-2. The average Bonchev–Trinajstić information content (AvgIpc) is 2.80. The number of pyridine rings is 2. The van der Waals surface area contributed by atoms with Crippen molar-refractivity contribution in [3.05, 3.63) is 97.2 Å². The van der Waals surface area contributed by atoms with Gasteiger partial charge in [0.15, 0.2) is 0 Å². The van der Waals surface area contributed by atoms with Crippen LogP contribution in [0, 0.1) is 0 Å². The van der Waals surface area contributed by atoms with E-state index in [1.165, 1.54) is 5.56 Å². The van der Waals surface area contributed by atoms with Crippen LogP contribution < -0.4 is 0 Å². The van der Waals surface area contributed by atoms with Gasteiger partial charge in [0.1, 0.15) is 0 Å². The maximum Gasteiger partial charge on any atom is 0.0804 e. The molecule has 2 aromatic heterocycles. The van der Waals surface area contributed by atoms with E-state index >= 15 is 0 Å². The number of hydrogen-bond acceptors (Lipinski definition) is 2. The van der Waals surface area contributed by atoms with E-state index in [0.29, 0.717) is 0 Å². The summed E-state index contributed by atoms with van der Waals surface area (Å²) in [6.07, 6.45) is 1.82. The molecule has 2 heterocycles. The molecule has 0 aliphatic rings. The first-order valence-corrected chi connectivity index (χ1v) is 15.3. The van der Waals surface area contributed by atoms with Crippen molar-refractivity contribution in [3.8, 4) is 22.4 Å². The number of hydrogen-bond donors (Lipinski definition) is 0. The van der Waals surface area contributed by atoms with Crippen LogP contribution in [0.1, 0.15) is 0 Å². The third-order valence-electron chi connectivity index (χ3n) is 4.70. The molecule has 5 rings (SSSR count). The fraction of sp³-hybridized carbons (Fsp3) is 0. The zero-order valence-corrected chi connectivity index (χ0v) is 19.3. The summed E-state index contributed by atoms with van der Waals surface area (Å²) in [7, 11) is 9.81. The Hall–Kier alpha value is -2.30. The van der Waals surface area contributed by atoms with Crippen molar-refractivity contribution >= 4 is 41.1 Å². The monoisotopic (exact) mass is 594 g/mol. The minimum Gasteiger partial charge on any atom is -0.256 e. The predicted molar refractivity (Wildman–Crippen MR) is 120 cm³/mol. The first-order chi connectivity index (χ1) is 14.3. The van der Waals surface area contributed by atoms with E-state index in [0.717, 1.165) is 38.6 Å². The summed E-state index contributed by atoms with van der Waals surface area (Å²) < 4.78 is 0. The molecule has 2 nitrogen and oxygen atoms in total. The van der Waals surface area contributed by atoms with Gasteiger partial charge in [0, 0.05) is 28.1 Å². The van der Waals surface area contributed by atoms with Crippen LogP contribution >= 0.6 is 19.3 Å². The van der Waals surface area contributed by atoms with E-state index in [4.69, 9.17) is 24.3 Å². The molecule has 0 spiro atoms. The summed E-state index contributed by atoms with van der Waals surface area (Å²) >= 11 is -0.639. The van der Waals surface area contributed by atoms with E-state index < -0.39 is 15.4 Å². The van der Waals surface area contributed by atoms with E-state index in [2.05, 4.69) is 77.8 Å². The SMILES string of the molecule is [Cl][Os][Cl].c1ccc(-c2cc3ccc4ncccc4c3nc2-c2ccccc2)cc1. The van der Waals surface area contributed by atoms with Gasteiger partial charge in [0.25, 0.3) is 0 Å². The van der Waals surface area contributed by atoms with E-state index in [9.17, 15) is 0 Å². The topological polar surface area (TPSA) is 25.8 Å². The summed E-state index contributed by atoms with van der Waals surface area (Å²) in [6, 6.07) is 31.3.